The van der Waals surface area contributed by atoms with Gasteiger partial charge in [0.2, 0.25) is 5.91 Å². The topological polar surface area (TPSA) is 61.9 Å². The molecular formula is C29H39N3O3. The van der Waals surface area contributed by atoms with Gasteiger partial charge in [-0.2, -0.15) is 0 Å². The number of amides is 2. The van der Waals surface area contributed by atoms with Gasteiger partial charge in [0.05, 0.1) is 17.9 Å². The second kappa shape index (κ2) is 12.2. The third-order valence-corrected chi connectivity index (χ3v) is 6.98. The Bertz CT molecular complexity index is 1010. The monoisotopic (exact) mass is 477 g/mol. The summed E-state index contributed by atoms with van der Waals surface area (Å²) in [4.78, 5) is 30.5. The van der Waals surface area contributed by atoms with E-state index in [1.54, 1.807) is 0 Å². The van der Waals surface area contributed by atoms with Gasteiger partial charge in [-0.1, -0.05) is 44.5 Å². The van der Waals surface area contributed by atoms with Crippen LogP contribution in [0.1, 0.15) is 69.9 Å². The number of para-hydroxylation sites is 1. The molecule has 1 heterocycles. The zero-order valence-electron chi connectivity index (χ0n) is 21.2. The van der Waals surface area contributed by atoms with Gasteiger partial charge in [-0.25, -0.2) is 4.79 Å². The highest BCUT2D eigenvalue weighted by molar-refractivity contribution is 6.04. The number of carbonyl (C=O) groups is 2. The average Bonchev–Trinajstić information content (AvgIpc) is 3.01. The number of ether oxygens (including phenoxy) is 1. The van der Waals surface area contributed by atoms with Crippen molar-refractivity contribution in [2.24, 2.45) is 0 Å². The molecule has 2 aliphatic rings. The highest BCUT2D eigenvalue weighted by Crippen LogP contribution is 2.38. The number of nitrogens with one attached hydrogen (secondary N) is 1. The smallest absolute Gasteiger partial charge is 0.411 e. The first-order valence-corrected chi connectivity index (χ1v) is 13.3. The Morgan fingerprint density at radius 3 is 2.34 bits per heavy atom. The molecule has 0 atom stereocenters. The van der Waals surface area contributed by atoms with Gasteiger partial charge in [-0.05, 0) is 93.8 Å². The predicted octanol–water partition coefficient (Wildman–Crippen LogP) is 6.45. The van der Waals surface area contributed by atoms with E-state index in [4.69, 9.17) is 4.74 Å². The minimum atomic E-state index is -0.416. The molecule has 6 nitrogen and oxygen atoms in total. The van der Waals surface area contributed by atoms with E-state index in [0.717, 1.165) is 81.4 Å². The quantitative estimate of drug-likeness (QED) is 0.474. The lowest BCUT2D eigenvalue weighted by Crippen LogP contribution is -2.39. The first-order chi connectivity index (χ1) is 17.1. The lowest BCUT2D eigenvalue weighted by Gasteiger charge is -2.29. The Hall–Kier alpha value is -2.86. The third-order valence-electron chi connectivity index (χ3n) is 6.98. The number of nitrogens with zero attached hydrogens (tertiary/aromatic N) is 2. The molecule has 35 heavy (non-hydrogen) atoms. The molecule has 4 rings (SSSR count). The minimum absolute atomic E-state index is 0.00218. The second-order valence-electron chi connectivity index (χ2n) is 9.77. The van der Waals surface area contributed by atoms with Crippen molar-refractivity contribution in [1.82, 2.24) is 4.90 Å². The number of aryl methyl sites for hydroxylation is 2. The number of rotatable bonds is 8. The zero-order chi connectivity index (χ0) is 24.6. The van der Waals surface area contributed by atoms with Gasteiger partial charge in [0.15, 0.2) is 0 Å². The Morgan fingerprint density at radius 2 is 1.63 bits per heavy atom. The van der Waals surface area contributed by atoms with E-state index in [0.29, 0.717) is 12.2 Å². The second-order valence-corrected chi connectivity index (χ2v) is 9.77. The molecule has 2 amide bonds. The van der Waals surface area contributed by atoms with E-state index in [1.165, 1.54) is 12.0 Å². The van der Waals surface area contributed by atoms with Crippen LogP contribution in [-0.2, 0) is 22.4 Å². The fourth-order valence-corrected chi connectivity index (χ4v) is 5.32. The molecule has 1 aliphatic carbocycles. The van der Waals surface area contributed by atoms with Crippen LogP contribution in [0.15, 0.2) is 42.5 Å². The molecule has 6 heteroatoms. The zero-order valence-corrected chi connectivity index (χ0v) is 21.2. The van der Waals surface area contributed by atoms with Crippen LogP contribution in [0.25, 0.3) is 0 Å². The van der Waals surface area contributed by atoms with Gasteiger partial charge in [0, 0.05) is 5.69 Å². The number of hydrogen-bond acceptors (Lipinski definition) is 4. The molecule has 1 aliphatic heterocycles. The van der Waals surface area contributed by atoms with Crippen molar-refractivity contribution >= 4 is 29.1 Å². The number of benzene rings is 2. The maximum atomic E-state index is 13.8. The minimum Gasteiger partial charge on any atom is -0.446 e. The van der Waals surface area contributed by atoms with Crippen LogP contribution in [0, 0.1) is 0 Å². The van der Waals surface area contributed by atoms with Crippen molar-refractivity contribution in [2.45, 2.75) is 77.7 Å². The molecule has 0 bridgehead atoms. The highest BCUT2D eigenvalue weighted by Gasteiger charge is 2.27. The molecule has 0 unspecified atom stereocenters. The molecule has 0 aromatic heterocycles. The van der Waals surface area contributed by atoms with Crippen LogP contribution >= 0.6 is 0 Å². The van der Waals surface area contributed by atoms with E-state index in [1.807, 2.05) is 41.3 Å². The van der Waals surface area contributed by atoms with Gasteiger partial charge < -0.3 is 4.74 Å². The molecule has 0 spiro atoms. The summed E-state index contributed by atoms with van der Waals surface area (Å²) in [5, 5.41) is 2.92. The van der Waals surface area contributed by atoms with Gasteiger partial charge in [0.1, 0.15) is 6.10 Å². The van der Waals surface area contributed by atoms with Gasteiger partial charge in [-0.15, -0.1) is 0 Å². The summed E-state index contributed by atoms with van der Waals surface area (Å²) in [5.41, 5.74) is 4.72. The maximum absolute atomic E-state index is 13.8. The van der Waals surface area contributed by atoms with Crippen LogP contribution in [0.3, 0.4) is 0 Å². The summed E-state index contributed by atoms with van der Waals surface area (Å²) in [6.45, 7) is 6.46. The van der Waals surface area contributed by atoms with Crippen LogP contribution in [0.5, 0.6) is 0 Å². The summed E-state index contributed by atoms with van der Waals surface area (Å²) < 4.78 is 5.66. The molecule has 0 radical (unpaired) electrons. The summed E-state index contributed by atoms with van der Waals surface area (Å²) in [6, 6.07) is 14.0. The number of anilines is 3. The standard InChI is InChI=1S/C29H39N3O3/c1-3-18-31(19-4-2)21-28(33)32-26-13-9-8-10-22(26)14-15-23-16-17-24(20-27(23)32)30-29(34)35-25-11-6-5-7-12-25/h8-10,13,16-17,20,25H,3-7,11-12,14-15,18-19,21H2,1-2H3,(H,30,34). The summed E-state index contributed by atoms with van der Waals surface area (Å²) in [7, 11) is 0. The van der Waals surface area contributed by atoms with E-state index in [9.17, 15) is 9.59 Å². The molecule has 2 aromatic carbocycles. The molecule has 0 saturated heterocycles. The largest absolute Gasteiger partial charge is 0.446 e. The maximum Gasteiger partial charge on any atom is 0.411 e. The molecular weight excluding hydrogens is 438 g/mol. The fraction of sp³-hybridized carbons (Fsp3) is 0.517. The number of carbonyl (C=O) groups excluding carboxylic acids is 2. The van der Waals surface area contributed by atoms with Gasteiger partial charge in [0.25, 0.3) is 0 Å². The van der Waals surface area contributed by atoms with Crippen molar-refractivity contribution < 1.29 is 14.3 Å². The Kier molecular flexibility index (Phi) is 8.80. The Labute approximate surface area is 209 Å². The van der Waals surface area contributed by atoms with Crippen molar-refractivity contribution in [3.05, 3.63) is 53.6 Å². The van der Waals surface area contributed by atoms with E-state index < -0.39 is 6.09 Å². The fourth-order valence-electron chi connectivity index (χ4n) is 5.32. The van der Waals surface area contributed by atoms with Crippen LogP contribution in [0.2, 0.25) is 0 Å². The van der Waals surface area contributed by atoms with E-state index in [2.05, 4.69) is 30.1 Å². The molecule has 1 fully saturated rings. The van der Waals surface area contributed by atoms with Crippen molar-refractivity contribution in [2.75, 3.05) is 29.9 Å². The van der Waals surface area contributed by atoms with Crippen molar-refractivity contribution in [1.29, 1.82) is 0 Å². The third kappa shape index (κ3) is 6.43. The first-order valence-electron chi connectivity index (χ1n) is 13.3. The Balaban J connectivity index is 1.60. The van der Waals surface area contributed by atoms with Gasteiger partial charge in [-0.3, -0.25) is 19.9 Å². The number of fused-ring (bicyclic) bond motifs is 2. The molecule has 188 valence electrons. The average molecular weight is 478 g/mol. The predicted molar refractivity (Wildman–Crippen MR) is 141 cm³/mol. The molecule has 1 saturated carbocycles. The summed E-state index contributed by atoms with van der Waals surface area (Å²) in [5.74, 6) is 0.0597. The normalized spacial score (nSPS) is 15.8. The first kappa shape index (κ1) is 25.2. The molecule has 1 N–H and O–H groups in total. The van der Waals surface area contributed by atoms with Crippen LogP contribution in [0.4, 0.5) is 21.9 Å². The van der Waals surface area contributed by atoms with Crippen LogP contribution in [-0.4, -0.2) is 42.6 Å². The lowest BCUT2D eigenvalue weighted by molar-refractivity contribution is -0.119. The van der Waals surface area contributed by atoms with Crippen molar-refractivity contribution in [3.63, 3.8) is 0 Å². The SMILES string of the molecule is CCCN(CCC)CC(=O)N1c2ccccc2CCc2ccc(NC(=O)OC3CCCCC3)cc21. The molecule has 2 aromatic rings. The summed E-state index contributed by atoms with van der Waals surface area (Å²) in [6.07, 6.45) is 8.62. The van der Waals surface area contributed by atoms with E-state index in [-0.39, 0.29) is 12.0 Å². The van der Waals surface area contributed by atoms with Gasteiger partial charge >= 0.3 is 6.09 Å². The Morgan fingerprint density at radius 1 is 0.943 bits per heavy atom. The number of hydrogen-bond donors (Lipinski definition) is 1. The van der Waals surface area contributed by atoms with Crippen molar-refractivity contribution in [3.8, 4) is 0 Å². The summed E-state index contributed by atoms with van der Waals surface area (Å²) >= 11 is 0. The van der Waals surface area contributed by atoms with Crippen LogP contribution < -0.4 is 10.2 Å². The highest BCUT2D eigenvalue weighted by atomic mass is 16.6. The lowest BCUT2D eigenvalue weighted by atomic mass is 9.98. The van der Waals surface area contributed by atoms with E-state index >= 15 is 0 Å².